The summed E-state index contributed by atoms with van der Waals surface area (Å²) in [5.74, 6) is -0.278. The van der Waals surface area contributed by atoms with E-state index in [1.54, 1.807) is 17.0 Å². The zero-order valence-corrected chi connectivity index (χ0v) is 16.3. The highest BCUT2D eigenvalue weighted by molar-refractivity contribution is 7.94. The number of anilines is 1. The Labute approximate surface area is 155 Å². The van der Waals surface area contributed by atoms with Gasteiger partial charge in [-0.25, -0.2) is 8.42 Å². The summed E-state index contributed by atoms with van der Waals surface area (Å²) in [5, 5.41) is 1.21. The predicted molar refractivity (Wildman–Crippen MR) is 105 cm³/mol. The number of hydrogen-bond acceptors (Lipinski definition) is 3. The third kappa shape index (κ3) is 3.58. The van der Waals surface area contributed by atoms with Gasteiger partial charge in [-0.05, 0) is 80.3 Å². The smallest absolute Gasteiger partial charge is 0.258 e. The van der Waals surface area contributed by atoms with Gasteiger partial charge in [0.05, 0.1) is 11.8 Å². The van der Waals surface area contributed by atoms with Gasteiger partial charge < -0.3 is 4.90 Å². The Balaban J connectivity index is 2.07. The summed E-state index contributed by atoms with van der Waals surface area (Å²) in [6.45, 7) is 7.96. The van der Waals surface area contributed by atoms with Crippen LogP contribution in [0.1, 0.15) is 32.6 Å². The maximum atomic E-state index is 13.3. The fourth-order valence-corrected chi connectivity index (χ4v) is 4.34. The monoisotopic (exact) mass is 369 g/mol. The van der Waals surface area contributed by atoms with E-state index >= 15 is 0 Å². The summed E-state index contributed by atoms with van der Waals surface area (Å²) >= 11 is 0. The average molecular weight is 369 g/mol. The van der Waals surface area contributed by atoms with Gasteiger partial charge >= 0.3 is 0 Å². The van der Waals surface area contributed by atoms with Crippen molar-refractivity contribution in [2.75, 3.05) is 10.7 Å². The molecule has 26 heavy (non-hydrogen) atoms. The summed E-state index contributed by atoms with van der Waals surface area (Å²) in [6, 6.07) is 10.8. The zero-order valence-electron chi connectivity index (χ0n) is 15.5. The third-order valence-corrected chi connectivity index (χ3v) is 6.36. The lowest BCUT2D eigenvalue weighted by atomic mass is 10.0. The van der Waals surface area contributed by atoms with Crippen molar-refractivity contribution in [2.45, 2.75) is 33.7 Å². The van der Waals surface area contributed by atoms with Gasteiger partial charge in [0.25, 0.3) is 5.91 Å². The van der Waals surface area contributed by atoms with Gasteiger partial charge in [-0.15, -0.1) is 0 Å². The van der Waals surface area contributed by atoms with Gasteiger partial charge in [0.15, 0.2) is 9.84 Å². The minimum absolute atomic E-state index is 0.0868. The van der Waals surface area contributed by atoms with Crippen LogP contribution in [0.25, 0.3) is 0 Å². The molecule has 1 amide bonds. The first-order valence-electron chi connectivity index (χ1n) is 8.57. The normalized spacial score (nSPS) is 18.1. The van der Waals surface area contributed by atoms with Gasteiger partial charge in [-0.1, -0.05) is 12.1 Å². The Morgan fingerprint density at radius 1 is 0.923 bits per heavy atom. The lowest BCUT2D eigenvalue weighted by Gasteiger charge is -2.28. The highest BCUT2D eigenvalue weighted by Gasteiger charge is 2.32. The van der Waals surface area contributed by atoms with Crippen LogP contribution in [0.2, 0.25) is 0 Å². The second-order valence-corrected chi connectivity index (χ2v) is 8.90. The van der Waals surface area contributed by atoms with Crippen LogP contribution in [-0.2, 0) is 9.84 Å². The van der Waals surface area contributed by atoms with Crippen LogP contribution in [-0.4, -0.2) is 26.1 Å². The van der Waals surface area contributed by atoms with Crippen LogP contribution in [0.4, 0.5) is 5.69 Å². The fourth-order valence-electron chi connectivity index (χ4n) is 3.07. The van der Waals surface area contributed by atoms with Crippen LogP contribution in [0.3, 0.4) is 0 Å². The molecule has 0 saturated carbocycles. The lowest BCUT2D eigenvalue weighted by Crippen LogP contribution is -2.41. The van der Waals surface area contributed by atoms with Crippen molar-refractivity contribution in [3.8, 4) is 0 Å². The number of hydrogen-bond donors (Lipinski definition) is 0. The summed E-state index contributed by atoms with van der Waals surface area (Å²) < 4.78 is 23.9. The van der Waals surface area contributed by atoms with Crippen molar-refractivity contribution < 1.29 is 13.2 Å². The third-order valence-electron chi connectivity index (χ3n) is 4.98. The van der Waals surface area contributed by atoms with Crippen molar-refractivity contribution in [1.82, 2.24) is 0 Å². The molecule has 3 rings (SSSR count). The number of amides is 1. The van der Waals surface area contributed by atoms with Crippen molar-refractivity contribution >= 4 is 21.4 Å². The second kappa shape index (κ2) is 6.72. The number of carbonyl (C=O) groups is 1. The molecule has 1 aliphatic rings. The van der Waals surface area contributed by atoms with E-state index in [2.05, 4.69) is 0 Å². The fraction of sp³-hybridized carbons (Fsp3) is 0.286. The van der Waals surface area contributed by atoms with Crippen LogP contribution < -0.4 is 4.90 Å². The molecule has 1 heterocycles. The lowest BCUT2D eigenvalue weighted by molar-refractivity contribution is 0.0983. The molecular formula is C21H23NO3S. The van der Waals surface area contributed by atoms with Gasteiger partial charge in [-0.3, -0.25) is 4.79 Å². The first-order valence-corrected chi connectivity index (χ1v) is 10.3. The number of sulfone groups is 1. The number of carbonyl (C=O) groups excluding carboxylic acids is 1. The first kappa shape index (κ1) is 18.4. The van der Waals surface area contributed by atoms with E-state index in [9.17, 15) is 13.2 Å². The molecule has 0 saturated heterocycles. The Morgan fingerprint density at radius 3 is 2.08 bits per heavy atom. The maximum Gasteiger partial charge on any atom is 0.258 e. The molecule has 1 unspecified atom stereocenters. The topological polar surface area (TPSA) is 54.5 Å². The van der Waals surface area contributed by atoms with E-state index in [4.69, 9.17) is 0 Å². The van der Waals surface area contributed by atoms with Crippen LogP contribution in [0.15, 0.2) is 47.9 Å². The standard InChI is InChI=1S/C21H23NO3S/c1-14-5-7-18(11-16(14)3)21(23)22(20-9-10-26(24,25)13-20)19-8-6-15(2)17(4)12-19/h5-12,20H,13H2,1-4H3. The molecule has 5 heteroatoms. The molecule has 1 atom stereocenters. The summed E-state index contributed by atoms with van der Waals surface area (Å²) in [5.41, 5.74) is 5.60. The molecule has 2 aromatic rings. The van der Waals surface area contributed by atoms with E-state index in [0.29, 0.717) is 11.3 Å². The van der Waals surface area contributed by atoms with Gasteiger partial charge in [0.2, 0.25) is 0 Å². The minimum Gasteiger partial charge on any atom is -0.300 e. The Bertz CT molecular complexity index is 1010. The molecule has 0 fully saturated rings. The minimum atomic E-state index is -3.27. The van der Waals surface area contributed by atoms with E-state index in [1.165, 1.54) is 5.41 Å². The van der Waals surface area contributed by atoms with Gasteiger partial charge in [-0.2, -0.15) is 0 Å². The van der Waals surface area contributed by atoms with E-state index in [0.717, 1.165) is 22.3 Å². The predicted octanol–water partition coefficient (Wildman–Crippen LogP) is 3.88. The highest BCUT2D eigenvalue weighted by atomic mass is 32.2. The summed E-state index contributed by atoms with van der Waals surface area (Å²) in [7, 11) is -3.27. The Hall–Kier alpha value is -2.40. The number of benzene rings is 2. The van der Waals surface area contributed by atoms with Crippen molar-refractivity contribution in [3.05, 3.63) is 75.7 Å². The van der Waals surface area contributed by atoms with E-state index < -0.39 is 15.9 Å². The van der Waals surface area contributed by atoms with Gasteiger partial charge in [0, 0.05) is 16.7 Å². The molecule has 0 radical (unpaired) electrons. The van der Waals surface area contributed by atoms with E-state index in [1.807, 2.05) is 58.0 Å². The molecule has 0 bridgehead atoms. The summed E-state index contributed by atoms with van der Waals surface area (Å²) in [6.07, 6.45) is 1.60. The zero-order chi connectivity index (χ0) is 19.1. The van der Waals surface area contributed by atoms with Crippen LogP contribution in [0.5, 0.6) is 0 Å². The number of rotatable bonds is 3. The van der Waals surface area contributed by atoms with Crippen LogP contribution in [0, 0.1) is 27.7 Å². The highest BCUT2D eigenvalue weighted by Crippen LogP contribution is 2.27. The average Bonchev–Trinajstić information content (AvgIpc) is 2.93. The number of aryl methyl sites for hydroxylation is 4. The summed E-state index contributed by atoms with van der Waals surface area (Å²) in [4.78, 5) is 14.9. The molecule has 2 aromatic carbocycles. The molecule has 0 aromatic heterocycles. The number of nitrogens with zero attached hydrogens (tertiary/aromatic N) is 1. The van der Waals surface area contributed by atoms with Crippen molar-refractivity contribution in [1.29, 1.82) is 0 Å². The molecule has 0 spiro atoms. The molecule has 4 nitrogen and oxygen atoms in total. The molecule has 0 aliphatic carbocycles. The second-order valence-electron chi connectivity index (χ2n) is 6.97. The van der Waals surface area contributed by atoms with Gasteiger partial charge in [0.1, 0.15) is 0 Å². The molecule has 1 aliphatic heterocycles. The van der Waals surface area contributed by atoms with Crippen molar-refractivity contribution in [3.63, 3.8) is 0 Å². The molecule has 0 N–H and O–H groups in total. The maximum absolute atomic E-state index is 13.3. The quantitative estimate of drug-likeness (QED) is 0.825. The largest absolute Gasteiger partial charge is 0.300 e. The van der Waals surface area contributed by atoms with E-state index in [-0.39, 0.29) is 11.7 Å². The van der Waals surface area contributed by atoms with Crippen molar-refractivity contribution in [2.24, 2.45) is 0 Å². The van der Waals surface area contributed by atoms with Crippen LogP contribution >= 0.6 is 0 Å². The molecule has 136 valence electrons. The Morgan fingerprint density at radius 2 is 1.54 bits per heavy atom. The Kier molecular flexibility index (Phi) is 4.76. The first-order chi connectivity index (χ1) is 12.2. The SMILES string of the molecule is Cc1ccc(C(=O)N(c2ccc(C)c(C)c2)C2C=CS(=O)(=O)C2)cc1C. The molecular weight excluding hydrogens is 346 g/mol.